The first kappa shape index (κ1) is 9.92. The number of nitrogens with zero attached hydrogens (tertiary/aromatic N) is 1. The van der Waals surface area contributed by atoms with E-state index in [0.29, 0.717) is 0 Å². The lowest BCUT2D eigenvalue weighted by Crippen LogP contribution is -1.65. The number of hydrogen-bond donors (Lipinski definition) is 0. The van der Waals surface area contributed by atoms with Crippen molar-refractivity contribution >= 4 is 44.1 Å². The molecule has 1 heterocycles. The van der Waals surface area contributed by atoms with Crippen molar-refractivity contribution in [3.8, 4) is 0 Å². The zero-order valence-electron chi connectivity index (χ0n) is 7.04. The Balaban J connectivity index is 0.000000336. The van der Waals surface area contributed by atoms with Gasteiger partial charge in [-0.05, 0) is 24.0 Å². The van der Waals surface area contributed by atoms with Gasteiger partial charge in [0.05, 0.1) is 15.2 Å². The van der Waals surface area contributed by atoms with Gasteiger partial charge in [0, 0.05) is 0 Å². The second-order valence-corrected chi connectivity index (χ2v) is 3.44. The molecular formula is C9H10INS. The largest absolute Gasteiger partial charge is 0.242 e. The van der Waals surface area contributed by atoms with E-state index in [1.165, 1.54) is 4.70 Å². The fourth-order valence-electron chi connectivity index (χ4n) is 0.987. The summed E-state index contributed by atoms with van der Waals surface area (Å²) in [6, 6.07) is 8.19. The molecule has 1 nitrogen and oxygen atoms in total. The quantitative estimate of drug-likeness (QED) is 0.533. The molecule has 0 saturated heterocycles. The molecule has 0 N–H and O–H groups in total. The highest BCUT2D eigenvalue weighted by atomic mass is 127. The maximum Gasteiger partial charge on any atom is 0.0907 e. The monoisotopic (exact) mass is 291 g/mol. The Labute approximate surface area is 90.0 Å². The van der Waals surface area contributed by atoms with E-state index in [2.05, 4.69) is 33.6 Å². The number of para-hydroxylation sites is 1. The van der Waals surface area contributed by atoms with E-state index < -0.39 is 0 Å². The van der Waals surface area contributed by atoms with Crippen LogP contribution in [0.25, 0.3) is 10.2 Å². The zero-order chi connectivity index (χ0) is 8.97. The molecule has 2 aromatic rings. The lowest BCUT2D eigenvalue weighted by atomic mass is 10.3. The molecule has 1 aromatic carbocycles. The number of rotatable bonds is 0. The van der Waals surface area contributed by atoms with Gasteiger partial charge in [-0.25, -0.2) is 4.98 Å². The van der Waals surface area contributed by atoms with Gasteiger partial charge in [0.15, 0.2) is 0 Å². The van der Waals surface area contributed by atoms with Crippen molar-refractivity contribution < 1.29 is 0 Å². The van der Waals surface area contributed by atoms with E-state index in [1.54, 1.807) is 11.3 Å². The van der Waals surface area contributed by atoms with Crippen molar-refractivity contribution in [3.63, 3.8) is 0 Å². The van der Waals surface area contributed by atoms with Crippen molar-refractivity contribution in [3.05, 3.63) is 29.3 Å². The molecule has 0 spiro atoms. The van der Waals surface area contributed by atoms with Crippen LogP contribution in [-0.2, 0) is 0 Å². The summed E-state index contributed by atoms with van der Waals surface area (Å²) < 4.78 is 1.28. The highest BCUT2D eigenvalue weighted by Gasteiger charge is 1.95. The summed E-state index contributed by atoms with van der Waals surface area (Å²) in [5.41, 5.74) is 1.12. The first-order valence-electron chi connectivity index (χ1n) is 3.56. The SMILES string of the molecule is CI.Cc1nc2ccccc2s1. The number of hydrogen-bond acceptors (Lipinski definition) is 2. The van der Waals surface area contributed by atoms with Gasteiger partial charge in [0.2, 0.25) is 0 Å². The fraction of sp³-hybridized carbons (Fsp3) is 0.222. The van der Waals surface area contributed by atoms with E-state index in [-0.39, 0.29) is 0 Å². The smallest absolute Gasteiger partial charge is 0.0907 e. The molecule has 0 saturated carbocycles. The molecule has 2 rings (SSSR count). The standard InChI is InChI=1S/C8H7NS.CH3I/c1-6-9-7-4-2-3-5-8(7)10-6;1-2/h2-5H,1H3;1H3. The second kappa shape index (κ2) is 4.77. The lowest BCUT2D eigenvalue weighted by molar-refractivity contribution is 1.35. The van der Waals surface area contributed by atoms with Crippen molar-refractivity contribution in [1.29, 1.82) is 0 Å². The lowest BCUT2D eigenvalue weighted by Gasteiger charge is -1.80. The van der Waals surface area contributed by atoms with Crippen LogP contribution in [0, 0.1) is 6.92 Å². The molecule has 0 aliphatic carbocycles. The predicted octanol–water partition coefficient (Wildman–Crippen LogP) is 3.66. The molecular weight excluding hydrogens is 281 g/mol. The molecule has 0 unspecified atom stereocenters. The Bertz CT molecular complexity index is 323. The summed E-state index contributed by atoms with van der Waals surface area (Å²) in [5, 5.41) is 1.14. The topological polar surface area (TPSA) is 12.9 Å². The molecule has 0 atom stereocenters. The molecule has 3 heteroatoms. The van der Waals surface area contributed by atoms with E-state index in [4.69, 9.17) is 0 Å². The molecule has 0 fully saturated rings. The number of alkyl halides is 1. The Morgan fingerprint density at radius 3 is 2.58 bits per heavy atom. The van der Waals surface area contributed by atoms with Gasteiger partial charge in [-0.2, -0.15) is 0 Å². The van der Waals surface area contributed by atoms with Gasteiger partial charge in [-0.1, -0.05) is 34.7 Å². The van der Waals surface area contributed by atoms with Crippen LogP contribution in [0.1, 0.15) is 5.01 Å². The Kier molecular flexibility index (Phi) is 3.94. The third kappa shape index (κ3) is 2.17. The molecule has 0 aliphatic rings. The molecule has 1 aromatic heterocycles. The summed E-state index contributed by atoms with van der Waals surface area (Å²) in [6.07, 6.45) is 0. The molecule has 12 heavy (non-hydrogen) atoms. The number of benzene rings is 1. The van der Waals surface area contributed by atoms with Gasteiger partial charge in [-0.3, -0.25) is 0 Å². The fourth-order valence-corrected chi connectivity index (χ4v) is 1.81. The van der Waals surface area contributed by atoms with Crippen molar-refractivity contribution in [2.45, 2.75) is 6.92 Å². The number of fused-ring (bicyclic) bond motifs is 1. The number of thiazole rings is 1. The van der Waals surface area contributed by atoms with Gasteiger partial charge >= 0.3 is 0 Å². The van der Waals surface area contributed by atoms with Crippen molar-refractivity contribution in [2.75, 3.05) is 4.93 Å². The molecule has 0 bridgehead atoms. The minimum Gasteiger partial charge on any atom is -0.242 e. The maximum atomic E-state index is 4.33. The van der Waals surface area contributed by atoms with E-state index in [1.807, 2.05) is 30.1 Å². The number of aromatic nitrogens is 1. The highest BCUT2D eigenvalue weighted by Crippen LogP contribution is 2.19. The maximum absolute atomic E-state index is 4.33. The summed E-state index contributed by atoms with van der Waals surface area (Å²) in [6.45, 7) is 2.03. The van der Waals surface area contributed by atoms with Gasteiger partial charge in [0.1, 0.15) is 0 Å². The summed E-state index contributed by atoms with van der Waals surface area (Å²) in [5.74, 6) is 0. The molecule has 0 amide bonds. The third-order valence-electron chi connectivity index (χ3n) is 1.40. The van der Waals surface area contributed by atoms with Crippen LogP contribution in [0.5, 0.6) is 0 Å². The van der Waals surface area contributed by atoms with Crippen LogP contribution in [0.3, 0.4) is 0 Å². The minimum atomic E-state index is 1.12. The average Bonchev–Trinajstić information content (AvgIpc) is 2.48. The van der Waals surface area contributed by atoms with Crippen molar-refractivity contribution in [2.24, 2.45) is 0 Å². The van der Waals surface area contributed by atoms with Gasteiger partial charge < -0.3 is 0 Å². The summed E-state index contributed by atoms with van der Waals surface area (Å²) in [7, 11) is 0. The van der Waals surface area contributed by atoms with E-state index in [9.17, 15) is 0 Å². The average molecular weight is 291 g/mol. The molecule has 64 valence electrons. The molecule has 0 radical (unpaired) electrons. The Morgan fingerprint density at radius 1 is 1.25 bits per heavy atom. The Morgan fingerprint density at radius 2 is 1.92 bits per heavy atom. The normalized spacial score (nSPS) is 9.25. The van der Waals surface area contributed by atoms with Crippen LogP contribution >= 0.6 is 33.9 Å². The van der Waals surface area contributed by atoms with Gasteiger partial charge in [-0.15, -0.1) is 11.3 Å². The van der Waals surface area contributed by atoms with Crippen LogP contribution < -0.4 is 0 Å². The van der Waals surface area contributed by atoms with Crippen LogP contribution in [0.4, 0.5) is 0 Å². The van der Waals surface area contributed by atoms with Crippen LogP contribution in [0.15, 0.2) is 24.3 Å². The number of halogens is 1. The van der Waals surface area contributed by atoms with E-state index in [0.717, 1.165) is 10.5 Å². The third-order valence-corrected chi connectivity index (χ3v) is 2.35. The zero-order valence-corrected chi connectivity index (χ0v) is 10.0. The molecule has 0 aliphatic heterocycles. The van der Waals surface area contributed by atoms with Crippen LogP contribution in [0.2, 0.25) is 0 Å². The summed E-state index contributed by atoms with van der Waals surface area (Å²) >= 11 is 3.89. The minimum absolute atomic E-state index is 1.12. The summed E-state index contributed by atoms with van der Waals surface area (Å²) in [4.78, 5) is 6.30. The Hall–Kier alpha value is -0.160. The first-order valence-corrected chi connectivity index (χ1v) is 6.53. The highest BCUT2D eigenvalue weighted by molar-refractivity contribution is 14.1. The number of aryl methyl sites for hydroxylation is 1. The van der Waals surface area contributed by atoms with E-state index >= 15 is 0 Å². The second-order valence-electron chi connectivity index (χ2n) is 2.20. The first-order chi connectivity index (χ1) is 5.86. The predicted molar refractivity (Wildman–Crippen MR) is 64.3 cm³/mol. The van der Waals surface area contributed by atoms with Gasteiger partial charge in [0.25, 0.3) is 0 Å². The van der Waals surface area contributed by atoms with Crippen molar-refractivity contribution in [1.82, 2.24) is 4.98 Å². The van der Waals surface area contributed by atoms with Crippen LogP contribution in [-0.4, -0.2) is 9.91 Å².